The van der Waals surface area contributed by atoms with Crippen molar-refractivity contribution in [2.45, 2.75) is 60.3 Å². The van der Waals surface area contributed by atoms with E-state index < -0.39 is 7.60 Å². The first-order valence-electron chi connectivity index (χ1n) is 7.02. The van der Waals surface area contributed by atoms with Crippen LogP contribution in [0.2, 0.25) is 0 Å². The van der Waals surface area contributed by atoms with Crippen molar-refractivity contribution in [3.63, 3.8) is 0 Å². The Bertz CT molecular complexity index is 287. The summed E-state index contributed by atoms with van der Waals surface area (Å²) >= 11 is 0. The summed E-state index contributed by atoms with van der Waals surface area (Å²) in [6.45, 7) is 10.9. The van der Waals surface area contributed by atoms with Gasteiger partial charge in [-0.05, 0) is 40.5 Å². The quantitative estimate of drug-likeness (QED) is 0.314. The number of hydrogen-bond acceptors (Lipinski definition) is 3. The van der Waals surface area contributed by atoms with E-state index >= 15 is 0 Å². The molecule has 0 radical (unpaired) electrons. The van der Waals surface area contributed by atoms with E-state index in [9.17, 15) is 4.57 Å². The Morgan fingerprint density at radius 2 is 1.50 bits per heavy atom. The Kier molecular flexibility index (Phi) is 9.71. The summed E-state index contributed by atoms with van der Waals surface area (Å²) in [5, 5.41) is 0. The van der Waals surface area contributed by atoms with Gasteiger partial charge in [0.1, 0.15) is 0 Å². The second kappa shape index (κ2) is 9.77. The van der Waals surface area contributed by atoms with Crippen LogP contribution in [0.4, 0.5) is 0 Å². The van der Waals surface area contributed by atoms with Gasteiger partial charge in [-0.25, -0.2) is 0 Å². The van der Waals surface area contributed by atoms with Crippen molar-refractivity contribution in [2.24, 2.45) is 0 Å². The van der Waals surface area contributed by atoms with Crippen molar-refractivity contribution < 1.29 is 13.6 Å². The lowest BCUT2D eigenvalue weighted by Gasteiger charge is -2.18. The van der Waals surface area contributed by atoms with Crippen LogP contribution in [-0.2, 0) is 13.6 Å². The van der Waals surface area contributed by atoms with E-state index in [1.165, 1.54) is 24.8 Å². The normalized spacial score (nSPS) is 13.6. The monoisotopic (exact) mass is 276 g/mol. The maximum Gasteiger partial charge on any atom is 0.334 e. The molecule has 0 saturated carbocycles. The summed E-state index contributed by atoms with van der Waals surface area (Å²) in [7, 11) is -2.93. The van der Waals surface area contributed by atoms with Crippen LogP contribution in [0.1, 0.15) is 60.3 Å². The fraction of sp³-hybridized carbons (Fsp3) is 0.857. The van der Waals surface area contributed by atoms with Gasteiger partial charge in [0.15, 0.2) is 0 Å². The number of hydrogen-bond donors (Lipinski definition) is 0. The first-order valence-corrected chi connectivity index (χ1v) is 8.75. The minimum absolute atomic E-state index is 0.423. The van der Waals surface area contributed by atoms with Gasteiger partial charge in [-0.15, -0.1) is 0 Å². The fourth-order valence-corrected chi connectivity index (χ4v) is 3.70. The zero-order valence-corrected chi connectivity index (χ0v) is 13.5. The molecule has 0 fully saturated rings. The van der Waals surface area contributed by atoms with Gasteiger partial charge in [-0.2, -0.15) is 0 Å². The maximum atomic E-state index is 12.4. The van der Waals surface area contributed by atoms with E-state index in [1.54, 1.807) is 0 Å². The van der Waals surface area contributed by atoms with Crippen LogP contribution in [-0.4, -0.2) is 19.4 Å². The Hall–Kier alpha value is -0.110. The molecule has 0 aliphatic carbocycles. The molecule has 0 aliphatic rings. The molecule has 0 aliphatic heterocycles. The third kappa shape index (κ3) is 7.35. The van der Waals surface area contributed by atoms with Crippen LogP contribution in [0.25, 0.3) is 0 Å². The number of unbranched alkanes of at least 4 members (excludes halogenated alkanes) is 2. The number of allylic oxidation sites excluding steroid dienone is 2. The van der Waals surface area contributed by atoms with Gasteiger partial charge < -0.3 is 9.05 Å². The molecular weight excluding hydrogens is 247 g/mol. The lowest BCUT2D eigenvalue weighted by atomic mass is 10.1. The molecule has 0 saturated heterocycles. The standard InChI is InChI=1S/C14H29O3P/c1-6-9-10-11-13(4)14(5)12-18(15,16-7-2)17-8-3/h6-12H2,1-5H3/b14-13+. The molecule has 108 valence electrons. The summed E-state index contributed by atoms with van der Waals surface area (Å²) in [5.74, 6) is 0. The van der Waals surface area contributed by atoms with Crippen LogP contribution in [0.5, 0.6) is 0 Å². The second-order valence-corrected chi connectivity index (χ2v) is 6.68. The highest BCUT2D eigenvalue weighted by Crippen LogP contribution is 2.49. The zero-order valence-electron chi connectivity index (χ0n) is 12.6. The highest BCUT2D eigenvalue weighted by molar-refractivity contribution is 7.54. The minimum atomic E-state index is -2.93. The van der Waals surface area contributed by atoms with Crippen LogP contribution in [0.15, 0.2) is 11.1 Å². The molecule has 0 spiro atoms. The molecule has 0 aromatic rings. The first-order chi connectivity index (χ1) is 8.49. The molecule has 0 amide bonds. The fourth-order valence-electron chi connectivity index (χ4n) is 1.80. The third-order valence-corrected chi connectivity index (χ3v) is 5.13. The van der Waals surface area contributed by atoms with Crippen LogP contribution in [0, 0.1) is 0 Å². The van der Waals surface area contributed by atoms with E-state index in [4.69, 9.17) is 9.05 Å². The molecule has 0 rings (SSSR count). The number of rotatable bonds is 10. The molecule has 0 atom stereocenters. The molecule has 18 heavy (non-hydrogen) atoms. The van der Waals surface area contributed by atoms with Crippen LogP contribution >= 0.6 is 7.60 Å². The van der Waals surface area contributed by atoms with E-state index in [-0.39, 0.29) is 0 Å². The van der Waals surface area contributed by atoms with Gasteiger partial charge in [-0.3, -0.25) is 4.57 Å². The highest BCUT2D eigenvalue weighted by Gasteiger charge is 2.24. The van der Waals surface area contributed by atoms with Crippen LogP contribution < -0.4 is 0 Å². The Balaban J connectivity index is 4.51. The Labute approximate surface area is 112 Å². The average Bonchev–Trinajstić information content (AvgIpc) is 2.29. The molecule has 0 N–H and O–H groups in total. The molecule has 0 bridgehead atoms. The minimum Gasteiger partial charge on any atom is -0.309 e. The molecule has 4 heteroatoms. The predicted octanol–water partition coefficient (Wildman–Crippen LogP) is 5.17. The third-order valence-electron chi connectivity index (χ3n) is 2.97. The lowest BCUT2D eigenvalue weighted by molar-refractivity contribution is 0.222. The van der Waals surface area contributed by atoms with Gasteiger partial charge >= 0.3 is 7.60 Å². The van der Waals surface area contributed by atoms with Crippen molar-refractivity contribution in [1.29, 1.82) is 0 Å². The predicted molar refractivity (Wildman–Crippen MR) is 78.2 cm³/mol. The summed E-state index contributed by atoms with van der Waals surface area (Å²) < 4.78 is 23.0. The Morgan fingerprint density at radius 1 is 0.944 bits per heavy atom. The van der Waals surface area contributed by atoms with E-state index in [2.05, 4.69) is 13.8 Å². The largest absolute Gasteiger partial charge is 0.334 e. The Morgan fingerprint density at radius 3 is 1.94 bits per heavy atom. The van der Waals surface area contributed by atoms with Crippen LogP contribution in [0.3, 0.4) is 0 Å². The maximum absolute atomic E-state index is 12.4. The molecular formula is C14H29O3P. The van der Waals surface area contributed by atoms with Crippen molar-refractivity contribution >= 4 is 7.60 Å². The molecule has 0 aromatic carbocycles. The topological polar surface area (TPSA) is 35.5 Å². The SMILES string of the molecule is CCCCC/C(C)=C(\C)CP(=O)(OCC)OCC. The first kappa shape index (κ1) is 17.9. The summed E-state index contributed by atoms with van der Waals surface area (Å²) in [6.07, 6.45) is 5.18. The van der Waals surface area contributed by atoms with E-state index in [0.29, 0.717) is 19.4 Å². The smallest absolute Gasteiger partial charge is 0.309 e. The summed E-state index contributed by atoms with van der Waals surface area (Å²) in [5.41, 5.74) is 2.47. The van der Waals surface area contributed by atoms with Gasteiger partial charge in [0.05, 0.1) is 19.4 Å². The average molecular weight is 276 g/mol. The second-order valence-electron chi connectivity index (χ2n) is 4.62. The van der Waals surface area contributed by atoms with Gasteiger partial charge in [-0.1, -0.05) is 30.9 Å². The van der Waals surface area contributed by atoms with Gasteiger partial charge in [0, 0.05) is 0 Å². The molecule has 3 nitrogen and oxygen atoms in total. The summed E-state index contributed by atoms with van der Waals surface area (Å²) in [6, 6.07) is 0. The summed E-state index contributed by atoms with van der Waals surface area (Å²) in [4.78, 5) is 0. The zero-order chi connectivity index (χ0) is 14.0. The van der Waals surface area contributed by atoms with E-state index in [0.717, 1.165) is 12.0 Å². The van der Waals surface area contributed by atoms with E-state index in [1.807, 2.05) is 20.8 Å². The lowest BCUT2D eigenvalue weighted by Crippen LogP contribution is -2.02. The van der Waals surface area contributed by atoms with Crippen molar-refractivity contribution in [2.75, 3.05) is 19.4 Å². The van der Waals surface area contributed by atoms with Gasteiger partial charge in [0.25, 0.3) is 0 Å². The van der Waals surface area contributed by atoms with Gasteiger partial charge in [0.2, 0.25) is 0 Å². The molecule has 0 heterocycles. The molecule has 0 aromatic heterocycles. The highest BCUT2D eigenvalue weighted by atomic mass is 31.2. The van der Waals surface area contributed by atoms with Crippen molar-refractivity contribution in [3.05, 3.63) is 11.1 Å². The van der Waals surface area contributed by atoms with Crippen molar-refractivity contribution in [3.8, 4) is 0 Å². The molecule has 0 unspecified atom stereocenters. The van der Waals surface area contributed by atoms with Crippen molar-refractivity contribution in [1.82, 2.24) is 0 Å².